The number of hydrogen-bond acceptors (Lipinski definition) is 5. The fourth-order valence-corrected chi connectivity index (χ4v) is 3.67. The van der Waals surface area contributed by atoms with Crippen molar-refractivity contribution in [1.29, 1.82) is 0 Å². The van der Waals surface area contributed by atoms with Gasteiger partial charge in [-0.1, -0.05) is 47.7 Å². The summed E-state index contributed by atoms with van der Waals surface area (Å²) in [5.41, 5.74) is 1.87. The molecule has 2 aromatic heterocycles. The summed E-state index contributed by atoms with van der Waals surface area (Å²) in [5.74, 6) is -0.199. The van der Waals surface area contributed by atoms with Gasteiger partial charge in [0.25, 0.3) is 5.91 Å². The van der Waals surface area contributed by atoms with E-state index in [0.29, 0.717) is 11.3 Å². The number of rotatable bonds is 7. The summed E-state index contributed by atoms with van der Waals surface area (Å²) in [6, 6.07) is 19.5. The number of carbonyl (C=O) groups excluding carboxylic acids is 2. The number of aromatic nitrogens is 3. The number of furan rings is 1. The molecule has 0 aliphatic carbocycles. The van der Waals surface area contributed by atoms with Crippen molar-refractivity contribution in [3.8, 4) is 0 Å². The largest absolute Gasteiger partial charge is 0.467 e. The van der Waals surface area contributed by atoms with Gasteiger partial charge in [0.1, 0.15) is 17.8 Å². The van der Waals surface area contributed by atoms with Crippen LogP contribution in [-0.4, -0.2) is 37.2 Å². The summed E-state index contributed by atoms with van der Waals surface area (Å²) in [4.78, 5) is 28.6. The molecule has 2 heterocycles. The maximum absolute atomic E-state index is 13.7. The van der Waals surface area contributed by atoms with Crippen LogP contribution in [0.3, 0.4) is 0 Å². The minimum Gasteiger partial charge on any atom is -0.467 e. The summed E-state index contributed by atoms with van der Waals surface area (Å²) < 4.78 is 7.17. The lowest BCUT2D eigenvalue weighted by Gasteiger charge is -2.32. The summed E-state index contributed by atoms with van der Waals surface area (Å²) in [7, 11) is 0. The molecule has 1 N–H and O–H groups in total. The molecule has 2 amide bonds. The zero-order chi connectivity index (χ0) is 23.4. The van der Waals surface area contributed by atoms with Crippen LogP contribution in [0.1, 0.15) is 38.1 Å². The number of fused-ring (bicyclic) bond motifs is 1. The number of nitrogens with zero attached hydrogens (tertiary/aromatic N) is 4. The van der Waals surface area contributed by atoms with Crippen LogP contribution in [0.5, 0.6) is 0 Å². The topological polar surface area (TPSA) is 93.3 Å². The van der Waals surface area contributed by atoms with Gasteiger partial charge in [-0.15, -0.1) is 5.10 Å². The first kappa shape index (κ1) is 22.3. The minimum atomic E-state index is -0.943. The fourth-order valence-electron chi connectivity index (χ4n) is 3.67. The highest BCUT2D eigenvalue weighted by Crippen LogP contribution is 2.26. The van der Waals surface area contributed by atoms with Crippen molar-refractivity contribution in [1.82, 2.24) is 25.2 Å². The van der Waals surface area contributed by atoms with Gasteiger partial charge < -0.3 is 14.6 Å². The van der Waals surface area contributed by atoms with E-state index in [1.54, 1.807) is 16.8 Å². The van der Waals surface area contributed by atoms with E-state index in [2.05, 4.69) is 15.6 Å². The molecular formula is C25H27N5O3. The van der Waals surface area contributed by atoms with E-state index < -0.39 is 11.6 Å². The average Bonchev–Trinajstić information content (AvgIpc) is 3.43. The Morgan fingerprint density at radius 1 is 1.03 bits per heavy atom. The molecule has 8 heteroatoms. The Morgan fingerprint density at radius 2 is 1.76 bits per heavy atom. The third-order valence-electron chi connectivity index (χ3n) is 5.09. The van der Waals surface area contributed by atoms with Crippen LogP contribution < -0.4 is 5.32 Å². The van der Waals surface area contributed by atoms with Crippen LogP contribution >= 0.6 is 0 Å². The first-order chi connectivity index (χ1) is 15.8. The van der Waals surface area contributed by atoms with Gasteiger partial charge in [0, 0.05) is 12.1 Å². The van der Waals surface area contributed by atoms with E-state index in [4.69, 9.17) is 4.42 Å². The second-order valence-corrected chi connectivity index (χ2v) is 8.90. The van der Waals surface area contributed by atoms with Gasteiger partial charge in [-0.2, -0.15) is 0 Å². The van der Waals surface area contributed by atoms with E-state index in [0.717, 1.165) is 11.1 Å². The van der Waals surface area contributed by atoms with E-state index in [1.807, 2.05) is 75.4 Å². The lowest BCUT2D eigenvalue weighted by atomic mass is 10.1. The second kappa shape index (κ2) is 9.28. The van der Waals surface area contributed by atoms with Crippen LogP contribution in [-0.2, 0) is 22.7 Å². The molecule has 0 bridgehead atoms. The molecular weight excluding hydrogens is 418 g/mol. The van der Waals surface area contributed by atoms with Gasteiger partial charge in [0.05, 0.1) is 11.8 Å². The zero-order valence-electron chi connectivity index (χ0n) is 18.9. The van der Waals surface area contributed by atoms with E-state index in [9.17, 15) is 9.59 Å². The molecule has 4 rings (SSSR count). The Bertz CT molecular complexity index is 1230. The number of carbonyl (C=O) groups is 2. The van der Waals surface area contributed by atoms with E-state index >= 15 is 0 Å². The molecule has 0 spiro atoms. The molecule has 0 radical (unpaired) electrons. The molecule has 2 aromatic carbocycles. The number of hydrogen-bond donors (Lipinski definition) is 1. The van der Waals surface area contributed by atoms with Gasteiger partial charge in [-0.05, 0) is 50.6 Å². The maximum atomic E-state index is 13.7. The SMILES string of the molecule is CC(C)(C)NC(=O)[C@@H](c1ccco1)N(Cc1ccccc1)C(=O)Cn1nnc2ccccc21. The summed E-state index contributed by atoms with van der Waals surface area (Å²) >= 11 is 0. The van der Waals surface area contributed by atoms with E-state index in [1.165, 1.54) is 11.2 Å². The molecule has 0 unspecified atom stereocenters. The van der Waals surface area contributed by atoms with Gasteiger partial charge in [0.2, 0.25) is 5.91 Å². The van der Waals surface area contributed by atoms with Crippen LogP contribution in [0.15, 0.2) is 77.4 Å². The maximum Gasteiger partial charge on any atom is 0.251 e. The number of para-hydroxylation sites is 1. The first-order valence-electron chi connectivity index (χ1n) is 10.8. The highest BCUT2D eigenvalue weighted by molar-refractivity contribution is 5.89. The third-order valence-corrected chi connectivity index (χ3v) is 5.09. The second-order valence-electron chi connectivity index (χ2n) is 8.90. The standard InChI is InChI=1S/C25H27N5O3/c1-25(2,3)26-24(32)23(21-14-9-15-33-21)29(16-18-10-5-4-6-11-18)22(31)17-30-20-13-8-7-12-19(20)27-28-30/h4-15,23H,16-17H2,1-3H3,(H,26,32)/t23-/m1/s1. The molecule has 8 nitrogen and oxygen atoms in total. The minimum absolute atomic E-state index is 0.0621. The number of benzene rings is 2. The normalized spacial score (nSPS) is 12.5. The Hall–Kier alpha value is -3.94. The van der Waals surface area contributed by atoms with Crippen LogP contribution in [0.2, 0.25) is 0 Å². The van der Waals surface area contributed by atoms with E-state index in [-0.39, 0.29) is 24.9 Å². The molecule has 33 heavy (non-hydrogen) atoms. The highest BCUT2D eigenvalue weighted by atomic mass is 16.3. The smallest absolute Gasteiger partial charge is 0.251 e. The molecule has 4 aromatic rings. The number of amides is 2. The zero-order valence-corrected chi connectivity index (χ0v) is 18.9. The van der Waals surface area contributed by atoms with Gasteiger partial charge in [0.15, 0.2) is 6.04 Å². The average molecular weight is 446 g/mol. The lowest BCUT2D eigenvalue weighted by molar-refractivity contribution is -0.143. The molecule has 0 aliphatic heterocycles. The van der Waals surface area contributed by atoms with Crippen molar-refractivity contribution in [3.05, 3.63) is 84.3 Å². The van der Waals surface area contributed by atoms with Crippen molar-refractivity contribution in [2.45, 2.75) is 45.4 Å². The Labute approximate surface area is 192 Å². The van der Waals surface area contributed by atoms with Gasteiger partial charge >= 0.3 is 0 Å². The van der Waals surface area contributed by atoms with Crippen molar-refractivity contribution in [3.63, 3.8) is 0 Å². The Kier molecular flexibility index (Phi) is 6.26. The Balaban J connectivity index is 1.71. The lowest BCUT2D eigenvalue weighted by Crippen LogP contribution is -2.49. The van der Waals surface area contributed by atoms with Crippen molar-refractivity contribution in [2.75, 3.05) is 0 Å². The predicted molar refractivity (Wildman–Crippen MR) is 124 cm³/mol. The van der Waals surface area contributed by atoms with Crippen molar-refractivity contribution in [2.24, 2.45) is 0 Å². The highest BCUT2D eigenvalue weighted by Gasteiger charge is 2.35. The van der Waals surface area contributed by atoms with Gasteiger partial charge in [-0.25, -0.2) is 4.68 Å². The summed E-state index contributed by atoms with van der Waals surface area (Å²) in [6.07, 6.45) is 1.50. The summed E-state index contributed by atoms with van der Waals surface area (Å²) in [6.45, 7) is 5.86. The monoisotopic (exact) mass is 445 g/mol. The quantitative estimate of drug-likeness (QED) is 0.468. The van der Waals surface area contributed by atoms with Crippen LogP contribution in [0.25, 0.3) is 11.0 Å². The van der Waals surface area contributed by atoms with Crippen LogP contribution in [0, 0.1) is 0 Å². The predicted octanol–water partition coefficient (Wildman–Crippen LogP) is 3.71. The number of nitrogens with one attached hydrogen (secondary N) is 1. The molecule has 0 aliphatic rings. The Morgan fingerprint density at radius 3 is 2.45 bits per heavy atom. The fraction of sp³-hybridized carbons (Fsp3) is 0.280. The first-order valence-corrected chi connectivity index (χ1v) is 10.8. The molecule has 0 saturated heterocycles. The molecule has 0 fully saturated rings. The van der Waals surface area contributed by atoms with Gasteiger partial charge in [-0.3, -0.25) is 9.59 Å². The molecule has 1 atom stereocenters. The third kappa shape index (κ3) is 5.28. The van der Waals surface area contributed by atoms with Crippen LogP contribution in [0.4, 0.5) is 0 Å². The van der Waals surface area contributed by atoms with Crippen molar-refractivity contribution < 1.29 is 14.0 Å². The molecule has 0 saturated carbocycles. The summed E-state index contributed by atoms with van der Waals surface area (Å²) in [5, 5.41) is 11.3. The van der Waals surface area contributed by atoms with Crippen molar-refractivity contribution >= 4 is 22.8 Å². The molecule has 170 valence electrons.